The Morgan fingerprint density at radius 3 is 3.00 bits per heavy atom. The van der Waals surface area contributed by atoms with Crippen molar-refractivity contribution in [2.75, 3.05) is 26.8 Å². The second-order valence-electron chi connectivity index (χ2n) is 5.50. The number of imidazole rings is 1. The van der Waals surface area contributed by atoms with E-state index in [4.69, 9.17) is 4.74 Å². The molecule has 106 valence electrons. The first-order valence-corrected chi connectivity index (χ1v) is 7.14. The van der Waals surface area contributed by atoms with Crippen LogP contribution >= 0.6 is 0 Å². The number of hydrogen-bond donors (Lipinski definition) is 1. The molecule has 0 aromatic carbocycles. The maximum absolute atomic E-state index is 5.05. The summed E-state index contributed by atoms with van der Waals surface area (Å²) in [7, 11) is 1.73. The largest absolute Gasteiger partial charge is 0.383 e. The van der Waals surface area contributed by atoms with E-state index in [1.165, 1.54) is 24.1 Å². The molecule has 1 N–H and O–H groups in total. The molecule has 1 aromatic heterocycles. The molecule has 0 atom stereocenters. The van der Waals surface area contributed by atoms with Crippen LogP contribution in [-0.4, -0.2) is 36.4 Å². The Morgan fingerprint density at radius 2 is 2.37 bits per heavy atom. The van der Waals surface area contributed by atoms with E-state index in [1.807, 2.05) is 12.5 Å². The molecule has 0 bridgehead atoms. The molecule has 0 saturated heterocycles. The number of hydrogen-bond acceptors (Lipinski definition) is 3. The van der Waals surface area contributed by atoms with Crippen molar-refractivity contribution in [2.24, 2.45) is 5.92 Å². The van der Waals surface area contributed by atoms with Crippen LogP contribution < -0.4 is 5.32 Å². The highest BCUT2D eigenvalue weighted by Crippen LogP contribution is 2.36. The summed E-state index contributed by atoms with van der Waals surface area (Å²) >= 11 is 0. The lowest BCUT2D eigenvalue weighted by Crippen LogP contribution is -2.23. The summed E-state index contributed by atoms with van der Waals surface area (Å²) in [5, 5.41) is 3.42. The number of rotatable bonds is 8. The second-order valence-corrected chi connectivity index (χ2v) is 5.50. The normalized spacial score (nSPS) is 16.3. The first-order valence-electron chi connectivity index (χ1n) is 7.14. The van der Waals surface area contributed by atoms with E-state index in [1.54, 1.807) is 7.11 Å². The number of methoxy groups -OCH3 is 1. The average molecular weight is 263 g/mol. The zero-order chi connectivity index (χ0) is 13.7. The van der Waals surface area contributed by atoms with Gasteiger partial charge in [0.05, 0.1) is 24.8 Å². The molecule has 1 saturated carbocycles. The van der Waals surface area contributed by atoms with Crippen molar-refractivity contribution < 1.29 is 4.74 Å². The molecule has 1 aromatic rings. The highest BCUT2D eigenvalue weighted by molar-refractivity contribution is 5.50. The third-order valence-electron chi connectivity index (χ3n) is 3.52. The van der Waals surface area contributed by atoms with E-state index in [-0.39, 0.29) is 0 Å². The molecule has 1 fully saturated rings. The Morgan fingerprint density at radius 1 is 1.58 bits per heavy atom. The molecule has 0 unspecified atom stereocenters. The third kappa shape index (κ3) is 4.18. The van der Waals surface area contributed by atoms with Gasteiger partial charge in [0.25, 0.3) is 0 Å². The summed E-state index contributed by atoms with van der Waals surface area (Å²) in [5.74, 6) is 0.539. The molecule has 2 rings (SSSR count). The van der Waals surface area contributed by atoms with Crippen LogP contribution in [0.4, 0.5) is 0 Å². The van der Waals surface area contributed by atoms with Crippen LogP contribution in [0.3, 0.4) is 0 Å². The van der Waals surface area contributed by atoms with Crippen molar-refractivity contribution in [3.63, 3.8) is 0 Å². The molecule has 4 nitrogen and oxygen atoms in total. The zero-order valence-electron chi connectivity index (χ0n) is 12.2. The van der Waals surface area contributed by atoms with E-state index < -0.39 is 0 Å². The number of nitrogens with zero attached hydrogens (tertiary/aromatic N) is 2. The van der Waals surface area contributed by atoms with Crippen LogP contribution in [0.1, 0.15) is 38.4 Å². The van der Waals surface area contributed by atoms with Gasteiger partial charge in [-0.05, 0) is 24.8 Å². The molecular weight excluding hydrogens is 238 g/mol. The molecular formula is C15H25N3O. The van der Waals surface area contributed by atoms with Gasteiger partial charge in [-0.25, -0.2) is 4.98 Å². The van der Waals surface area contributed by atoms with Crippen molar-refractivity contribution in [1.29, 1.82) is 0 Å². The second kappa shape index (κ2) is 6.87. The minimum atomic E-state index is 0.539. The Balaban J connectivity index is 2.00. The van der Waals surface area contributed by atoms with Crippen molar-refractivity contribution in [1.82, 2.24) is 14.9 Å². The summed E-state index contributed by atoms with van der Waals surface area (Å²) in [6.07, 6.45) is 8.80. The van der Waals surface area contributed by atoms with Crippen LogP contribution in [0.15, 0.2) is 18.1 Å². The molecule has 0 amide bonds. The zero-order valence-corrected chi connectivity index (χ0v) is 12.2. The minimum absolute atomic E-state index is 0.539. The van der Waals surface area contributed by atoms with Gasteiger partial charge in [-0.15, -0.1) is 0 Å². The third-order valence-corrected chi connectivity index (χ3v) is 3.52. The van der Waals surface area contributed by atoms with Crippen molar-refractivity contribution in [3.8, 4) is 0 Å². The van der Waals surface area contributed by atoms with E-state index in [0.29, 0.717) is 12.0 Å². The predicted molar refractivity (Wildman–Crippen MR) is 78.1 cm³/mol. The first kappa shape index (κ1) is 14.3. The van der Waals surface area contributed by atoms with Crippen LogP contribution in [-0.2, 0) is 4.74 Å². The minimum Gasteiger partial charge on any atom is -0.383 e. The van der Waals surface area contributed by atoms with Crippen molar-refractivity contribution in [2.45, 2.75) is 32.7 Å². The summed E-state index contributed by atoms with van der Waals surface area (Å²) < 4.78 is 7.36. The molecule has 0 spiro atoms. The van der Waals surface area contributed by atoms with Gasteiger partial charge in [0.15, 0.2) is 0 Å². The van der Waals surface area contributed by atoms with E-state index in [9.17, 15) is 0 Å². The van der Waals surface area contributed by atoms with Gasteiger partial charge in [0, 0.05) is 26.2 Å². The lowest BCUT2D eigenvalue weighted by Gasteiger charge is -2.13. The Labute approximate surface area is 115 Å². The van der Waals surface area contributed by atoms with Gasteiger partial charge in [-0.1, -0.05) is 19.4 Å². The smallest absolute Gasteiger partial charge is 0.0953 e. The van der Waals surface area contributed by atoms with Crippen molar-refractivity contribution >= 4 is 6.08 Å². The number of aromatic nitrogens is 2. The molecule has 0 aliphatic heterocycles. The Hall–Kier alpha value is -1.13. The van der Waals surface area contributed by atoms with Gasteiger partial charge in [-0.2, -0.15) is 0 Å². The highest BCUT2D eigenvalue weighted by Gasteiger charge is 2.24. The van der Waals surface area contributed by atoms with E-state index in [0.717, 1.165) is 19.7 Å². The van der Waals surface area contributed by atoms with Gasteiger partial charge >= 0.3 is 0 Å². The Bertz CT molecular complexity index is 419. The quantitative estimate of drug-likeness (QED) is 0.732. The summed E-state index contributed by atoms with van der Waals surface area (Å²) in [6.45, 7) is 7.04. The van der Waals surface area contributed by atoms with Crippen LogP contribution in [0, 0.1) is 5.92 Å². The molecule has 1 heterocycles. The molecule has 1 aliphatic rings. The van der Waals surface area contributed by atoms with Gasteiger partial charge < -0.3 is 14.6 Å². The number of ether oxygens (including phenoxy) is 1. The van der Waals surface area contributed by atoms with Gasteiger partial charge in [-0.3, -0.25) is 0 Å². The maximum Gasteiger partial charge on any atom is 0.0953 e. The van der Waals surface area contributed by atoms with Crippen molar-refractivity contribution in [3.05, 3.63) is 23.8 Å². The van der Waals surface area contributed by atoms with E-state index in [2.05, 4.69) is 34.8 Å². The van der Waals surface area contributed by atoms with E-state index >= 15 is 0 Å². The van der Waals surface area contributed by atoms with Gasteiger partial charge in [0.1, 0.15) is 0 Å². The SMILES string of the molecule is COCCNCC(=Cc1cncn1C1CC1)C(C)C. The first-order chi connectivity index (χ1) is 9.22. The maximum atomic E-state index is 5.05. The van der Waals surface area contributed by atoms with Crippen LogP contribution in [0.2, 0.25) is 0 Å². The summed E-state index contributed by atoms with van der Waals surface area (Å²) in [4.78, 5) is 4.28. The fourth-order valence-electron chi connectivity index (χ4n) is 2.10. The predicted octanol–water partition coefficient (Wildman–Crippen LogP) is 2.49. The fourth-order valence-corrected chi connectivity index (χ4v) is 2.10. The Kier molecular flexibility index (Phi) is 5.16. The van der Waals surface area contributed by atoms with Crippen LogP contribution in [0.25, 0.3) is 6.08 Å². The standard InChI is InChI=1S/C15H25N3O/c1-12(2)13(9-16-6-7-19-3)8-15-10-17-11-18(15)14-4-5-14/h8,10-12,14,16H,4-7,9H2,1-3H3. The average Bonchev–Trinajstić information content (AvgIpc) is 3.13. The lowest BCUT2D eigenvalue weighted by molar-refractivity contribution is 0.200. The fraction of sp³-hybridized carbons (Fsp3) is 0.667. The monoisotopic (exact) mass is 263 g/mol. The molecule has 19 heavy (non-hydrogen) atoms. The number of nitrogens with one attached hydrogen (secondary N) is 1. The topological polar surface area (TPSA) is 39.1 Å². The van der Waals surface area contributed by atoms with Crippen LogP contribution in [0.5, 0.6) is 0 Å². The lowest BCUT2D eigenvalue weighted by atomic mass is 10.0. The van der Waals surface area contributed by atoms with Gasteiger partial charge in [0.2, 0.25) is 0 Å². The molecule has 1 aliphatic carbocycles. The molecule has 0 radical (unpaired) electrons. The molecule has 4 heteroatoms. The summed E-state index contributed by atoms with van der Waals surface area (Å²) in [5.41, 5.74) is 2.65. The summed E-state index contributed by atoms with van der Waals surface area (Å²) in [6, 6.07) is 0.684. The highest BCUT2D eigenvalue weighted by atomic mass is 16.5.